The van der Waals surface area contributed by atoms with Crippen molar-refractivity contribution in [3.63, 3.8) is 0 Å². The Morgan fingerprint density at radius 3 is 2.44 bits per heavy atom. The van der Waals surface area contributed by atoms with Crippen LogP contribution in [0, 0.1) is 5.92 Å². The summed E-state index contributed by atoms with van der Waals surface area (Å²) in [6.07, 6.45) is 5.14. The van der Waals surface area contributed by atoms with Crippen molar-refractivity contribution in [3.05, 3.63) is 47.8 Å². The van der Waals surface area contributed by atoms with Gasteiger partial charge in [-0.1, -0.05) is 24.6 Å². The molecule has 1 aliphatic carbocycles. The highest BCUT2D eigenvalue weighted by molar-refractivity contribution is 6.04. The molecule has 0 spiro atoms. The monoisotopic (exact) mass is 366 g/mol. The first-order valence-electron chi connectivity index (χ1n) is 9.80. The highest BCUT2D eigenvalue weighted by Crippen LogP contribution is 2.32. The minimum Gasteiger partial charge on any atom is -0.342 e. The number of nitrogens with zero attached hydrogens (tertiary/aromatic N) is 3. The van der Waals surface area contributed by atoms with Gasteiger partial charge in [0.05, 0.1) is 0 Å². The summed E-state index contributed by atoms with van der Waals surface area (Å²) < 4.78 is 0. The third-order valence-electron chi connectivity index (χ3n) is 5.97. The zero-order chi connectivity index (χ0) is 18.8. The number of carbonyl (C=O) groups excluding carboxylic acids is 2. The van der Waals surface area contributed by atoms with Crippen LogP contribution in [0.2, 0.25) is 0 Å². The van der Waals surface area contributed by atoms with Gasteiger partial charge in [-0.05, 0) is 43.9 Å². The number of aromatic amines is 1. The average Bonchev–Trinajstić information content (AvgIpc) is 3.16. The molecule has 6 nitrogen and oxygen atoms in total. The molecule has 2 amide bonds. The molecule has 1 aromatic heterocycles. The van der Waals surface area contributed by atoms with Gasteiger partial charge in [-0.2, -0.15) is 5.10 Å². The van der Waals surface area contributed by atoms with Crippen LogP contribution in [0.1, 0.15) is 54.2 Å². The van der Waals surface area contributed by atoms with Crippen LogP contribution in [-0.2, 0) is 4.79 Å². The van der Waals surface area contributed by atoms with Crippen molar-refractivity contribution >= 4 is 17.5 Å². The number of para-hydroxylation sites is 1. The normalized spacial score (nSPS) is 18.2. The maximum Gasteiger partial charge on any atom is 0.278 e. The molecule has 1 N–H and O–H groups in total. The van der Waals surface area contributed by atoms with E-state index >= 15 is 0 Å². The fraction of sp³-hybridized carbons (Fsp3) is 0.476. The van der Waals surface area contributed by atoms with E-state index in [1.54, 1.807) is 11.9 Å². The molecule has 2 heterocycles. The van der Waals surface area contributed by atoms with Gasteiger partial charge in [0.25, 0.3) is 5.91 Å². The van der Waals surface area contributed by atoms with Gasteiger partial charge in [-0.3, -0.25) is 14.7 Å². The average molecular weight is 366 g/mol. The number of hydrogen-bond acceptors (Lipinski definition) is 3. The van der Waals surface area contributed by atoms with E-state index in [9.17, 15) is 9.59 Å². The number of anilines is 1. The molecule has 0 atom stereocenters. The molecule has 0 radical (unpaired) electrons. The predicted molar refractivity (Wildman–Crippen MR) is 104 cm³/mol. The molecular formula is C21H26N4O2. The lowest BCUT2D eigenvalue weighted by Crippen LogP contribution is -2.43. The van der Waals surface area contributed by atoms with E-state index < -0.39 is 0 Å². The topological polar surface area (TPSA) is 69.3 Å². The van der Waals surface area contributed by atoms with Crippen LogP contribution >= 0.6 is 0 Å². The lowest BCUT2D eigenvalue weighted by Gasteiger charge is -2.36. The summed E-state index contributed by atoms with van der Waals surface area (Å²) in [5, 5.41) is 7.30. The second-order valence-corrected chi connectivity index (χ2v) is 7.64. The van der Waals surface area contributed by atoms with Gasteiger partial charge in [0.2, 0.25) is 5.91 Å². The number of benzene rings is 1. The summed E-state index contributed by atoms with van der Waals surface area (Å²) in [4.78, 5) is 28.7. The first-order chi connectivity index (χ1) is 13.1. The lowest BCUT2D eigenvalue weighted by molar-refractivity contribution is -0.139. The summed E-state index contributed by atoms with van der Waals surface area (Å²) in [6.45, 7) is 1.60. The van der Waals surface area contributed by atoms with Crippen molar-refractivity contribution < 1.29 is 9.59 Å². The first kappa shape index (κ1) is 17.8. The minimum absolute atomic E-state index is 0.124. The zero-order valence-electron chi connectivity index (χ0n) is 15.7. The molecule has 1 saturated heterocycles. The van der Waals surface area contributed by atoms with Gasteiger partial charge in [0.15, 0.2) is 5.69 Å². The van der Waals surface area contributed by atoms with Crippen LogP contribution < -0.4 is 4.90 Å². The maximum absolute atomic E-state index is 12.7. The lowest BCUT2D eigenvalue weighted by atomic mass is 9.83. The third-order valence-corrected chi connectivity index (χ3v) is 5.97. The number of hydrogen-bond donors (Lipinski definition) is 1. The highest BCUT2D eigenvalue weighted by Gasteiger charge is 2.32. The van der Waals surface area contributed by atoms with Crippen LogP contribution in [-0.4, -0.2) is 47.0 Å². The molecule has 27 heavy (non-hydrogen) atoms. The van der Waals surface area contributed by atoms with E-state index in [2.05, 4.69) is 10.2 Å². The Morgan fingerprint density at radius 1 is 1.11 bits per heavy atom. The Balaban J connectivity index is 1.37. The fourth-order valence-corrected chi connectivity index (χ4v) is 3.92. The van der Waals surface area contributed by atoms with E-state index in [0.717, 1.165) is 50.2 Å². The molecule has 1 aromatic carbocycles. The van der Waals surface area contributed by atoms with E-state index in [0.29, 0.717) is 17.5 Å². The molecule has 0 bridgehead atoms. The number of amides is 2. The van der Waals surface area contributed by atoms with E-state index in [4.69, 9.17) is 0 Å². The molecular weight excluding hydrogens is 340 g/mol. The summed E-state index contributed by atoms with van der Waals surface area (Å²) in [6, 6.07) is 11.4. The Kier molecular flexibility index (Phi) is 4.97. The van der Waals surface area contributed by atoms with Gasteiger partial charge in [-0.25, -0.2) is 0 Å². The number of H-pyrrole nitrogens is 1. The van der Waals surface area contributed by atoms with E-state index in [1.165, 1.54) is 6.42 Å². The van der Waals surface area contributed by atoms with Gasteiger partial charge < -0.3 is 9.80 Å². The van der Waals surface area contributed by atoms with Crippen molar-refractivity contribution in [2.45, 2.75) is 38.0 Å². The smallest absolute Gasteiger partial charge is 0.278 e. The second kappa shape index (κ2) is 7.55. The van der Waals surface area contributed by atoms with Gasteiger partial charge in [0, 0.05) is 43.4 Å². The van der Waals surface area contributed by atoms with Gasteiger partial charge in [0.1, 0.15) is 0 Å². The molecule has 6 heteroatoms. The van der Waals surface area contributed by atoms with Crippen LogP contribution in [0.25, 0.3) is 0 Å². The number of carbonyl (C=O) groups is 2. The standard InChI is InChI=1S/C21H26N4O2/c1-24(17-8-3-2-4-9-17)21(27)19-14-18(22-23-19)15-10-12-25(13-11-15)20(26)16-6-5-7-16/h2-4,8-9,14-16H,5-7,10-13H2,1H3,(H,22,23). The molecule has 2 aliphatic rings. The van der Waals surface area contributed by atoms with Crippen molar-refractivity contribution in [2.75, 3.05) is 25.0 Å². The number of aromatic nitrogens is 2. The quantitative estimate of drug-likeness (QED) is 0.903. The van der Waals surface area contributed by atoms with Gasteiger partial charge >= 0.3 is 0 Å². The number of nitrogens with one attached hydrogen (secondary N) is 1. The van der Waals surface area contributed by atoms with E-state index in [1.807, 2.05) is 41.3 Å². The van der Waals surface area contributed by atoms with Crippen LogP contribution in [0.15, 0.2) is 36.4 Å². The predicted octanol–water partition coefficient (Wildman–Crippen LogP) is 3.19. The van der Waals surface area contributed by atoms with Crippen molar-refractivity contribution in [2.24, 2.45) is 5.92 Å². The molecule has 1 aliphatic heterocycles. The first-order valence-corrected chi connectivity index (χ1v) is 9.80. The fourth-order valence-electron chi connectivity index (χ4n) is 3.92. The molecule has 142 valence electrons. The summed E-state index contributed by atoms with van der Waals surface area (Å²) in [7, 11) is 1.76. The van der Waals surface area contributed by atoms with Crippen molar-refractivity contribution in [3.8, 4) is 0 Å². The molecule has 1 saturated carbocycles. The molecule has 4 rings (SSSR count). The Bertz CT molecular complexity index is 805. The Morgan fingerprint density at radius 2 is 1.81 bits per heavy atom. The van der Waals surface area contributed by atoms with Gasteiger partial charge in [-0.15, -0.1) is 0 Å². The largest absolute Gasteiger partial charge is 0.342 e. The zero-order valence-corrected chi connectivity index (χ0v) is 15.7. The summed E-state index contributed by atoms with van der Waals surface area (Å²) in [5.74, 6) is 0.809. The number of likely N-dealkylation sites (tertiary alicyclic amines) is 1. The maximum atomic E-state index is 12.7. The van der Waals surface area contributed by atoms with Crippen LogP contribution in [0.3, 0.4) is 0 Å². The number of rotatable bonds is 4. The van der Waals surface area contributed by atoms with Crippen molar-refractivity contribution in [1.29, 1.82) is 0 Å². The second-order valence-electron chi connectivity index (χ2n) is 7.64. The minimum atomic E-state index is -0.124. The Hall–Kier alpha value is -2.63. The SMILES string of the molecule is CN(C(=O)c1cc(C2CCN(C(=O)C3CCC3)CC2)[nH]n1)c1ccccc1. The van der Waals surface area contributed by atoms with Crippen LogP contribution in [0.4, 0.5) is 5.69 Å². The molecule has 0 unspecified atom stereocenters. The van der Waals surface area contributed by atoms with Crippen LogP contribution in [0.5, 0.6) is 0 Å². The summed E-state index contributed by atoms with van der Waals surface area (Å²) in [5.41, 5.74) is 2.27. The van der Waals surface area contributed by atoms with E-state index in [-0.39, 0.29) is 11.8 Å². The van der Waals surface area contributed by atoms with Crippen molar-refractivity contribution in [1.82, 2.24) is 15.1 Å². The Labute approximate surface area is 159 Å². The molecule has 2 aromatic rings. The third kappa shape index (κ3) is 3.61. The summed E-state index contributed by atoms with van der Waals surface area (Å²) >= 11 is 0. The number of piperidine rings is 1. The highest BCUT2D eigenvalue weighted by atomic mass is 16.2. The molecule has 2 fully saturated rings.